The van der Waals surface area contributed by atoms with E-state index in [2.05, 4.69) is 0 Å². The SMILES string of the molecule is NC1CCCC1CCS(=O)c1cc(F)ccc1F. The second kappa shape index (κ2) is 5.89. The van der Waals surface area contributed by atoms with Crippen LogP contribution in [0.15, 0.2) is 23.1 Å². The quantitative estimate of drug-likeness (QED) is 0.916. The van der Waals surface area contributed by atoms with Crippen molar-refractivity contribution in [3.8, 4) is 0 Å². The maximum atomic E-state index is 13.4. The third-order valence-corrected chi connectivity index (χ3v) is 4.94. The van der Waals surface area contributed by atoms with E-state index < -0.39 is 22.4 Å². The van der Waals surface area contributed by atoms with Crippen molar-refractivity contribution >= 4 is 10.8 Å². The minimum absolute atomic E-state index is 0.0402. The Hall–Kier alpha value is -0.810. The first-order valence-electron chi connectivity index (χ1n) is 6.17. The van der Waals surface area contributed by atoms with Crippen LogP contribution in [-0.4, -0.2) is 16.0 Å². The number of hydrogen-bond acceptors (Lipinski definition) is 2. The summed E-state index contributed by atoms with van der Waals surface area (Å²) in [6.07, 6.45) is 3.87. The Labute approximate surface area is 108 Å². The molecule has 1 saturated carbocycles. The van der Waals surface area contributed by atoms with Crippen LogP contribution >= 0.6 is 0 Å². The fourth-order valence-electron chi connectivity index (χ4n) is 2.44. The molecule has 1 aromatic carbocycles. The maximum absolute atomic E-state index is 13.4. The van der Waals surface area contributed by atoms with Crippen LogP contribution in [0.25, 0.3) is 0 Å². The van der Waals surface area contributed by atoms with Crippen LogP contribution in [0.3, 0.4) is 0 Å². The summed E-state index contributed by atoms with van der Waals surface area (Å²) in [5, 5.41) is 0. The van der Waals surface area contributed by atoms with E-state index in [1.165, 1.54) is 0 Å². The van der Waals surface area contributed by atoms with Gasteiger partial charge in [0.1, 0.15) is 11.6 Å². The van der Waals surface area contributed by atoms with Gasteiger partial charge in [0.25, 0.3) is 0 Å². The molecule has 2 rings (SSSR count). The highest BCUT2D eigenvalue weighted by molar-refractivity contribution is 7.85. The van der Waals surface area contributed by atoms with E-state index in [9.17, 15) is 13.0 Å². The molecule has 2 nitrogen and oxygen atoms in total. The normalized spacial score (nSPS) is 25.3. The van der Waals surface area contributed by atoms with Gasteiger partial charge >= 0.3 is 0 Å². The van der Waals surface area contributed by atoms with Gasteiger partial charge in [-0.25, -0.2) is 8.78 Å². The molecular weight excluding hydrogens is 256 g/mol. The molecule has 1 aliphatic carbocycles. The summed E-state index contributed by atoms with van der Waals surface area (Å²) in [5.41, 5.74) is 5.92. The van der Waals surface area contributed by atoms with Gasteiger partial charge in [-0.3, -0.25) is 4.21 Å². The molecule has 0 saturated heterocycles. The predicted molar refractivity (Wildman–Crippen MR) is 67.6 cm³/mol. The molecule has 2 N–H and O–H groups in total. The highest BCUT2D eigenvalue weighted by Gasteiger charge is 2.24. The summed E-state index contributed by atoms with van der Waals surface area (Å²) >= 11 is 0. The molecule has 1 fully saturated rings. The van der Waals surface area contributed by atoms with Crippen molar-refractivity contribution in [2.45, 2.75) is 36.6 Å². The van der Waals surface area contributed by atoms with E-state index in [1.54, 1.807) is 0 Å². The van der Waals surface area contributed by atoms with Gasteiger partial charge in [-0.05, 0) is 43.4 Å². The standard InChI is InChI=1S/C13H17F2NOS/c14-10-4-5-11(15)13(8-10)18(17)7-6-9-2-1-3-12(9)16/h4-5,8-9,12H,1-3,6-7,16H2. The van der Waals surface area contributed by atoms with Gasteiger partial charge in [0.2, 0.25) is 0 Å². The first-order chi connectivity index (χ1) is 8.58. The number of hydrogen-bond donors (Lipinski definition) is 1. The topological polar surface area (TPSA) is 43.1 Å². The average Bonchev–Trinajstić information content (AvgIpc) is 2.75. The molecule has 0 aromatic heterocycles. The lowest BCUT2D eigenvalue weighted by molar-refractivity contribution is 0.468. The minimum Gasteiger partial charge on any atom is -0.327 e. The number of nitrogens with two attached hydrogens (primary N) is 1. The van der Waals surface area contributed by atoms with Gasteiger partial charge in [-0.15, -0.1) is 0 Å². The Morgan fingerprint density at radius 1 is 1.33 bits per heavy atom. The number of halogens is 2. The molecule has 1 aromatic rings. The Bertz CT molecular complexity index is 453. The van der Waals surface area contributed by atoms with E-state index in [-0.39, 0.29) is 10.9 Å². The monoisotopic (exact) mass is 273 g/mol. The molecule has 18 heavy (non-hydrogen) atoms. The summed E-state index contributed by atoms with van der Waals surface area (Å²) in [4.78, 5) is -0.0402. The van der Waals surface area contributed by atoms with Crippen LogP contribution in [0, 0.1) is 17.6 Å². The second-order valence-corrected chi connectivity index (χ2v) is 6.31. The van der Waals surface area contributed by atoms with E-state index in [0.29, 0.717) is 18.1 Å². The van der Waals surface area contributed by atoms with Crippen LogP contribution in [0.1, 0.15) is 25.7 Å². The fraction of sp³-hybridized carbons (Fsp3) is 0.538. The van der Waals surface area contributed by atoms with Crippen molar-refractivity contribution in [3.05, 3.63) is 29.8 Å². The van der Waals surface area contributed by atoms with Crippen molar-refractivity contribution in [2.24, 2.45) is 11.7 Å². The first-order valence-corrected chi connectivity index (χ1v) is 7.49. The maximum Gasteiger partial charge on any atom is 0.139 e. The molecule has 0 heterocycles. The fourth-order valence-corrected chi connectivity index (χ4v) is 3.71. The van der Waals surface area contributed by atoms with Crippen LogP contribution in [0.2, 0.25) is 0 Å². The van der Waals surface area contributed by atoms with E-state index >= 15 is 0 Å². The third-order valence-electron chi connectivity index (χ3n) is 3.53. The minimum atomic E-state index is -1.49. The van der Waals surface area contributed by atoms with Crippen LogP contribution in [-0.2, 0) is 10.8 Å². The van der Waals surface area contributed by atoms with Gasteiger partial charge in [-0.2, -0.15) is 0 Å². The molecule has 0 radical (unpaired) electrons. The molecule has 0 bridgehead atoms. The summed E-state index contributed by atoms with van der Waals surface area (Å²) in [6, 6.07) is 3.23. The zero-order valence-electron chi connectivity index (χ0n) is 10.1. The zero-order valence-corrected chi connectivity index (χ0v) is 10.9. The van der Waals surface area contributed by atoms with Crippen LogP contribution in [0.4, 0.5) is 8.78 Å². The smallest absolute Gasteiger partial charge is 0.139 e. The summed E-state index contributed by atoms with van der Waals surface area (Å²) in [5.74, 6) is -0.452. The zero-order chi connectivity index (χ0) is 13.1. The molecular formula is C13H17F2NOS. The molecule has 5 heteroatoms. The molecule has 0 spiro atoms. The third kappa shape index (κ3) is 3.14. The molecule has 3 atom stereocenters. The van der Waals surface area contributed by atoms with E-state index in [4.69, 9.17) is 5.73 Å². The lowest BCUT2D eigenvalue weighted by Crippen LogP contribution is -2.25. The average molecular weight is 273 g/mol. The number of benzene rings is 1. The highest BCUT2D eigenvalue weighted by Crippen LogP contribution is 2.27. The summed E-state index contributed by atoms with van der Waals surface area (Å²) < 4.78 is 38.3. The first kappa shape index (κ1) is 13.6. The van der Waals surface area contributed by atoms with Crippen molar-refractivity contribution in [2.75, 3.05) is 5.75 Å². The largest absolute Gasteiger partial charge is 0.327 e. The Morgan fingerprint density at radius 3 is 2.78 bits per heavy atom. The predicted octanol–water partition coefficient (Wildman–Crippen LogP) is 2.59. The number of rotatable bonds is 4. The van der Waals surface area contributed by atoms with Crippen molar-refractivity contribution in [1.29, 1.82) is 0 Å². The van der Waals surface area contributed by atoms with Gasteiger partial charge in [-0.1, -0.05) is 6.42 Å². The van der Waals surface area contributed by atoms with Crippen LogP contribution in [0.5, 0.6) is 0 Å². The van der Waals surface area contributed by atoms with Gasteiger partial charge in [0.05, 0.1) is 15.7 Å². The molecule has 3 unspecified atom stereocenters. The molecule has 1 aliphatic rings. The van der Waals surface area contributed by atoms with Crippen molar-refractivity contribution < 1.29 is 13.0 Å². The van der Waals surface area contributed by atoms with Crippen molar-refractivity contribution in [1.82, 2.24) is 0 Å². The van der Waals surface area contributed by atoms with Crippen LogP contribution < -0.4 is 5.73 Å². The Balaban J connectivity index is 1.97. The molecule has 0 amide bonds. The highest BCUT2D eigenvalue weighted by atomic mass is 32.2. The lowest BCUT2D eigenvalue weighted by atomic mass is 10.0. The van der Waals surface area contributed by atoms with E-state index in [0.717, 1.165) is 37.5 Å². The Morgan fingerprint density at radius 2 is 2.11 bits per heavy atom. The summed E-state index contributed by atoms with van der Waals surface area (Å²) in [7, 11) is -1.49. The van der Waals surface area contributed by atoms with Crippen molar-refractivity contribution in [3.63, 3.8) is 0 Å². The second-order valence-electron chi connectivity index (χ2n) is 4.77. The van der Waals surface area contributed by atoms with Gasteiger partial charge in [0, 0.05) is 11.8 Å². The molecule has 0 aliphatic heterocycles. The van der Waals surface area contributed by atoms with Gasteiger partial charge < -0.3 is 5.73 Å². The molecule has 100 valence electrons. The van der Waals surface area contributed by atoms with Gasteiger partial charge in [0.15, 0.2) is 0 Å². The Kier molecular flexibility index (Phi) is 4.45. The lowest BCUT2D eigenvalue weighted by Gasteiger charge is -2.14. The van der Waals surface area contributed by atoms with E-state index in [1.807, 2.05) is 0 Å². The summed E-state index contributed by atoms with van der Waals surface area (Å²) in [6.45, 7) is 0.